The molecule has 71 heavy (non-hydrogen) atoms. The summed E-state index contributed by atoms with van der Waals surface area (Å²) >= 11 is 0. The number of aromatic nitrogens is 4. The second-order valence-electron chi connectivity index (χ2n) is 15.1. The topological polar surface area (TPSA) is 129 Å². The first-order valence-corrected chi connectivity index (χ1v) is 26.2. The van der Waals surface area contributed by atoms with Gasteiger partial charge in [0.15, 0.2) is 10.1 Å². The minimum atomic E-state index is -6.09. The first-order chi connectivity index (χ1) is 34.1. The Labute approximate surface area is 423 Å². The van der Waals surface area contributed by atoms with E-state index in [9.17, 15) is 13.2 Å². The van der Waals surface area contributed by atoms with Gasteiger partial charge >= 0.3 is 22.6 Å². The van der Waals surface area contributed by atoms with Crippen molar-refractivity contribution in [3.8, 4) is 0 Å². The molecule has 0 bridgehead atoms. The number of rotatable bonds is 6. The number of aliphatic hydroxyl groups excluding tert-OH is 1. The molecule has 0 spiro atoms. The molecule has 8 nitrogen and oxygen atoms in total. The van der Waals surface area contributed by atoms with Gasteiger partial charge in [0.05, 0.1) is 48.9 Å². The van der Waals surface area contributed by atoms with Crippen molar-refractivity contribution in [2.75, 3.05) is 7.11 Å². The normalized spacial score (nSPS) is 10.9. The molecular formula is C56H46CuF3N4O4P2S+2. The van der Waals surface area contributed by atoms with Crippen LogP contribution in [0.2, 0.25) is 0 Å². The van der Waals surface area contributed by atoms with Crippen LogP contribution in [0.5, 0.6) is 0 Å². The van der Waals surface area contributed by atoms with Crippen molar-refractivity contribution < 1.29 is 48.3 Å². The third-order valence-corrected chi connectivity index (χ3v) is 16.6. The molecule has 0 aliphatic rings. The summed E-state index contributed by atoms with van der Waals surface area (Å²) in [6, 6.07) is 80.8. The van der Waals surface area contributed by atoms with Crippen LogP contribution in [0.1, 0.15) is 0 Å². The number of aliphatic hydroxyl groups is 1. The maximum absolute atomic E-state index is 10.7. The van der Waals surface area contributed by atoms with Crippen LogP contribution >= 0.6 is 15.8 Å². The van der Waals surface area contributed by atoms with Crippen LogP contribution in [0, 0.1) is 0 Å². The summed E-state index contributed by atoms with van der Waals surface area (Å²) < 4.78 is 58.9. The Morgan fingerprint density at radius 3 is 0.845 bits per heavy atom. The predicted octanol–water partition coefficient (Wildman–Crippen LogP) is 9.89. The van der Waals surface area contributed by atoms with Gasteiger partial charge in [0.25, 0.3) is 0 Å². The van der Waals surface area contributed by atoms with Crippen molar-refractivity contribution >= 4 is 102 Å². The molecule has 0 unspecified atom stereocenters. The van der Waals surface area contributed by atoms with Crippen molar-refractivity contribution in [2.45, 2.75) is 5.51 Å². The van der Waals surface area contributed by atoms with Crippen LogP contribution < -0.4 is 31.8 Å². The Hall–Kier alpha value is -6.78. The van der Waals surface area contributed by atoms with Gasteiger partial charge in [0.1, 0.15) is 31.8 Å². The maximum Gasteiger partial charge on any atom is 1.00 e. The SMILES string of the molecule is CO.O=S(=O)([O-])C(F)(F)F.[Cu+].c1ccc([PH+](c2ccccc2)c2ccccc2)cc1.c1ccc([PH+](c2ccccc2)c2ccccc2)cc1.c1ccc2nc3c4cccnc4c4ncccc4c3nc2c1. The minimum absolute atomic E-state index is 0. The monoisotopic (exact) mass is 1050 g/mol. The minimum Gasteiger partial charge on any atom is -0.741 e. The third kappa shape index (κ3) is 13.8. The number of hydrogen-bond acceptors (Lipinski definition) is 8. The van der Waals surface area contributed by atoms with Crippen LogP contribution in [0.25, 0.3) is 43.9 Å². The second-order valence-corrected chi connectivity index (χ2v) is 21.4. The number of alkyl halides is 3. The van der Waals surface area contributed by atoms with Crippen LogP contribution in [-0.2, 0) is 27.2 Å². The van der Waals surface area contributed by atoms with Crippen LogP contribution in [0.3, 0.4) is 0 Å². The smallest absolute Gasteiger partial charge is 0.741 e. The largest absolute Gasteiger partial charge is 1.00 e. The van der Waals surface area contributed by atoms with Gasteiger partial charge in [-0.2, -0.15) is 13.2 Å². The zero-order valence-electron chi connectivity index (χ0n) is 37.9. The van der Waals surface area contributed by atoms with Crippen molar-refractivity contribution in [1.29, 1.82) is 0 Å². The molecule has 0 aliphatic heterocycles. The molecule has 11 aromatic rings. The molecule has 0 fully saturated rings. The fourth-order valence-corrected chi connectivity index (χ4v) is 12.7. The molecule has 15 heteroatoms. The summed E-state index contributed by atoms with van der Waals surface area (Å²) in [5.74, 6) is 0. The standard InChI is InChI=1S/C18H10N4.2C18H15P.CHF3O3S.CH4O.Cu/c1-2-8-14-13(7-1)21-17-11-5-3-9-19-15(11)16-12(18(17)22-14)6-4-10-20-16;2*1-4-10-16(11-5-1)19(17-12-6-2-7-13-17)18-14-8-3-9-15-18;2-1(3,4)8(5,6)7;1-2;/h1-10H;2*1-15H;(H,5,6,7);2H,1H3;/q;;;;;+1/p+1. The van der Waals surface area contributed by atoms with E-state index in [1.54, 1.807) is 12.4 Å². The molecule has 3 aromatic heterocycles. The number of pyridine rings is 2. The molecule has 0 atom stereocenters. The van der Waals surface area contributed by atoms with Gasteiger partial charge in [-0.1, -0.05) is 121 Å². The number of nitrogens with zero attached hydrogens (tertiary/aromatic N) is 4. The summed E-state index contributed by atoms with van der Waals surface area (Å²) in [7, 11) is -6.84. The fourth-order valence-electron chi connectivity index (χ4n) is 7.57. The van der Waals surface area contributed by atoms with Gasteiger partial charge in [0.2, 0.25) is 0 Å². The summed E-state index contributed by atoms with van der Waals surface area (Å²) in [6.45, 7) is 0. The Morgan fingerprint density at radius 1 is 0.394 bits per heavy atom. The molecule has 0 amide bonds. The van der Waals surface area contributed by atoms with E-state index >= 15 is 0 Å². The van der Waals surface area contributed by atoms with Crippen molar-refractivity contribution in [3.63, 3.8) is 0 Å². The van der Waals surface area contributed by atoms with E-state index in [1.807, 2.05) is 48.5 Å². The molecule has 8 aromatic carbocycles. The van der Waals surface area contributed by atoms with Gasteiger partial charge in [0, 0.05) is 30.3 Å². The summed E-state index contributed by atoms with van der Waals surface area (Å²) in [5.41, 5.74) is -0.366. The van der Waals surface area contributed by atoms with Crippen molar-refractivity contribution in [3.05, 3.63) is 243 Å². The Bertz CT molecular complexity index is 3090. The molecule has 0 saturated carbocycles. The van der Waals surface area contributed by atoms with Crippen LogP contribution in [0.4, 0.5) is 13.2 Å². The first kappa shape index (κ1) is 53.6. The molecule has 360 valence electrons. The zero-order chi connectivity index (χ0) is 49.4. The fraction of sp³-hybridized carbons (Fsp3) is 0.0357. The molecule has 3 heterocycles. The van der Waals surface area contributed by atoms with Gasteiger partial charge in [-0.05, 0) is 109 Å². The van der Waals surface area contributed by atoms with Gasteiger partial charge in [-0.25, -0.2) is 18.4 Å². The van der Waals surface area contributed by atoms with E-state index in [4.69, 9.17) is 28.0 Å². The number of fused-ring (bicyclic) bond motifs is 7. The average molecular weight is 1050 g/mol. The Morgan fingerprint density at radius 2 is 0.620 bits per heavy atom. The zero-order valence-corrected chi connectivity index (χ0v) is 41.7. The number of halogens is 3. The first-order valence-electron chi connectivity index (χ1n) is 21.8. The summed E-state index contributed by atoms with van der Waals surface area (Å²) in [5, 5.41) is 17.6. The van der Waals surface area contributed by atoms with E-state index < -0.39 is 31.5 Å². The molecule has 11 rings (SSSR count). The number of hydrogen-bond donors (Lipinski definition) is 1. The predicted molar refractivity (Wildman–Crippen MR) is 285 cm³/mol. The second kappa shape index (κ2) is 25.9. The van der Waals surface area contributed by atoms with Gasteiger partial charge in [-0.3, -0.25) is 9.97 Å². The van der Waals surface area contributed by atoms with Gasteiger partial charge < -0.3 is 9.66 Å². The number of benzene rings is 8. The molecular weight excluding hydrogens is 1010 g/mol. The molecule has 1 N–H and O–H groups in total. The maximum atomic E-state index is 10.7. The van der Waals surface area contributed by atoms with E-state index in [2.05, 4.69) is 192 Å². The van der Waals surface area contributed by atoms with Crippen LogP contribution in [-0.4, -0.2) is 50.6 Å². The van der Waals surface area contributed by atoms with Crippen molar-refractivity contribution in [2.24, 2.45) is 0 Å². The molecule has 0 radical (unpaired) electrons. The Kier molecular flexibility index (Phi) is 19.5. The average Bonchev–Trinajstić information content (AvgIpc) is 3.41. The third-order valence-electron chi connectivity index (χ3n) is 10.6. The van der Waals surface area contributed by atoms with Gasteiger partial charge in [-0.15, -0.1) is 0 Å². The Balaban J connectivity index is 0.000000159. The molecule has 0 saturated heterocycles. The van der Waals surface area contributed by atoms with E-state index in [1.165, 1.54) is 31.8 Å². The summed E-state index contributed by atoms with van der Waals surface area (Å²) in [6.07, 6.45) is 3.58. The van der Waals surface area contributed by atoms with Crippen LogP contribution in [0.15, 0.2) is 243 Å². The summed E-state index contributed by atoms with van der Waals surface area (Å²) in [4.78, 5) is 18.7. The van der Waals surface area contributed by atoms with E-state index in [0.717, 1.165) is 51.0 Å². The number of para-hydroxylation sites is 2. The quantitative estimate of drug-likeness (QED) is 0.0436. The molecule has 0 aliphatic carbocycles. The van der Waals surface area contributed by atoms with E-state index in [-0.39, 0.29) is 17.1 Å². The van der Waals surface area contributed by atoms with E-state index in [0.29, 0.717) is 0 Å². The van der Waals surface area contributed by atoms with Crippen molar-refractivity contribution in [1.82, 2.24) is 19.9 Å².